The van der Waals surface area contributed by atoms with Crippen LogP contribution in [0.3, 0.4) is 0 Å². The number of methoxy groups -OCH3 is 1. The van der Waals surface area contributed by atoms with Crippen LogP contribution in [0.2, 0.25) is 0 Å². The van der Waals surface area contributed by atoms with E-state index in [1.54, 1.807) is 12.1 Å². The Bertz CT molecular complexity index is 724. The molecule has 1 aromatic rings. The minimum atomic E-state index is -0.385. The van der Waals surface area contributed by atoms with Gasteiger partial charge in [0.15, 0.2) is 11.5 Å². The molecule has 1 aliphatic rings. The van der Waals surface area contributed by atoms with Gasteiger partial charge in [-0.05, 0) is 61.1 Å². The van der Waals surface area contributed by atoms with E-state index < -0.39 is 0 Å². The van der Waals surface area contributed by atoms with Crippen molar-refractivity contribution in [1.29, 1.82) is 0 Å². The van der Waals surface area contributed by atoms with Crippen LogP contribution in [0.1, 0.15) is 64.9 Å². The first-order chi connectivity index (χ1) is 14.3. The van der Waals surface area contributed by atoms with Gasteiger partial charge < -0.3 is 14.2 Å². The lowest BCUT2D eigenvalue weighted by Crippen LogP contribution is -2.35. The van der Waals surface area contributed by atoms with E-state index in [9.17, 15) is 9.59 Å². The van der Waals surface area contributed by atoms with Gasteiger partial charge in [0.25, 0.3) is 0 Å². The number of carbonyl (C=O) groups is 2. The highest BCUT2D eigenvalue weighted by atomic mass is 16.6. The fourth-order valence-corrected chi connectivity index (χ4v) is 4.12. The fourth-order valence-electron chi connectivity index (χ4n) is 4.12. The third-order valence-corrected chi connectivity index (χ3v) is 5.84. The van der Waals surface area contributed by atoms with E-state index in [2.05, 4.69) is 27.4 Å². The standard InChI is InChI=1S/C25H36O5/c1-6-8-19-12-14-21(23(16-19)28-5)29-24(26)9-7-10-25(27)30-22-15-18(4)11-13-20(22)17(2)3/h6,12,14,16-18,20,22H,1,7-11,13,15H2,2-5H3/t18-,20+,22-/m0/s1. The molecule has 1 saturated carbocycles. The number of ether oxygens (including phenoxy) is 3. The van der Waals surface area contributed by atoms with Gasteiger partial charge in [-0.1, -0.05) is 39.3 Å². The molecule has 30 heavy (non-hydrogen) atoms. The Balaban J connectivity index is 1.80. The Kier molecular flexibility index (Phi) is 9.41. The molecule has 0 N–H and O–H groups in total. The van der Waals surface area contributed by atoms with Gasteiger partial charge in [0, 0.05) is 12.8 Å². The van der Waals surface area contributed by atoms with Gasteiger partial charge in [0.1, 0.15) is 6.10 Å². The van der Waals surface area contributed by atoms with Gasteiger partial charge in [-0.25, -0.2) is 0 Å². The number of rotatable bonds is 10. The topological polar surface area (TPSA) is 61.8 Å². The predicted molar refractivity (Wildman–Crippen MR) is 118 cm³/mol. The quantitative estimate of drug-likeness (QED) is 0.286. The van der Waals surface area contributed by atoms with Crippen LogP contribution in [0, 0.1) is 17.8 Å². The Morgan fingerprint density at radius 1 is 1.17 bits per heavy atom. The normalized spacial score (nSPS) is 21.2. The summed E-state index contributed by atoms with van der Waals surface area (Å²) in [6, 6.07) is 5.43. The van der Waals surface area contributed by atoms with Crippen LogP contribution >= 0.6 is 0 Å². The average molecular weight is 417 g/mol. The van der Waals surface area contributed by atoms with E-state index >= 15 is 0 Å². The van der Waals surface area contributed by atoms with E-state index in [1.807, 2.05) is 12.1 Å². The number of esters is 2. The molecule has 3 atom stereocenters. The van der Waals surface area contributed by atoms with Gasteiger partial charge in [-0.2, -0.15) is 0 Å². The molecule has 2 rings (SSSR count). The van der Waals surface area contributed by atoms with Crippen molar-refractivity contribution in [2.75, 3.05) is 7.11 Å². The maximum atomic E-state index is 12.3. The second-order valence-electron chi connectivity index (χ2n) is 8.66. The van der Waals surface area contributed by atoms with Crippen molar-refractivity contribution in [1.82, 2.24) is 0 Å². The first kappa shape index (κ1) is 24.0. The average Bonchev–Trinajstić information content (AvgIpc) is 2.69. The highest BCUT2D eigenvalue weighted by Gasteiger charge is 2.33. The minimum Gasteiger partial charge on any atom is -0.493 e. The van der Waals surface area contributed by atoms with Crippen molar-refractivity contribution in [2.24, 2.45) is 17.8 Å². The molecule has 0 heterocycles. The number of allylic oxidation sites excluding steroid dienone is 1. The molecule has 0 bridgehead atoms. The molecular formula is C25H36O5. The molecular weight excluding hydrogens is 380 g/mol. The van der Waals surface area contributed by atoms with Crippen LogP contribution in [-0.2, 0) is 20.7 Å². The molecule has 5 heteroatoms. The second-order valence-corrected chi connectivity index (χ2v) is 8.66. The van der Waals surface area contributed by atoms with Gasteiger partial charge in [-0.3, -0.25) is 9.59 Å². The first-order valence-corrected chi connectivity index (χ1v) is 11.0. The lowest BCUT2D eigenvalue weighted by Gasteiger charge is -2.36. The van der Waals surface area contributed by atoms with E-state index in [1.165, 1.54) is 13.5 Å². The zero-order chi connectivity index (χ0) is 22.1. The highest BCUT2D eigenvalue weighted by molar-refractivity contribution is 5.75. The van der Waals surface area contributed by atoms with Crippen molar-refractivity contribution in [3.63, 3.8) is 0 Å². The van der Waals surface area contributed by atoms with Gasteiger partial charge in [0.2, 0.25) is 0 Å². The Morgan fingerprint density at radius 2 is 1.90 bits per heavy atom. The Labute approximate surface area is 180 Å². The van der Waals surface area contributed by atoms with Gasteiger partial charge in [-0.15, -0.1) is 6.58 Å². The van der Waals surface area contributed by atoms with E-state index in [-0.39, 0.29) is 30.9 Å². The van der Waals surface area contributed by atoms with Crippen LogP contribution < -0.4 is 9.47 Å². The van der Waals surface area contributed by atoms with Crippen molar-refractivity contribution in [3.05, 3.63) is 36.4 Å². The molecule has 0 unspecified atom stereocenters. The van der Waals surface area contributed by atoms with Crippen LogP contribution in [0.5, 0.6) is 11.5 Å². The molecule has 1 aliphatic carbocycles. The van der Waals surface area contributed by atoms with E-state index in [4.69, 9.17) is 14.2 Å². The molecule has 0 radical (unpaired) electrons. The molecule has 166 valence electrons. The number of carbonyl (C=O) groups excluding carboxylic acids is 2. The summed E-state index contributed by atoms with van der Waals surface area (Å²) in [6.07, 6.45) is 6.52. The Hall–Kier alpha value is -2.30. The van der Waals surface area contributed by atoms with Crippen molar-refractivity contribution >= 4 is 11.9 Å². The molecule has 0 saturated heterocycles. The zero-order valence-corrected chi connectivity index (χ0v) is 18.8. The summed E-state index contributed by atoms with van der Waals surface area (Å²) in [5.41, 5.74) is 1.03. The number of hydrogen-bond acceptors (Lipinski definition) is 5. The lowest BCUT2D eigenvalue weighted by atomic mass is 9.75. The molecule has 1 aromatic carbocycles. The summed E-state index contributed by atoms with van der Waals surface area (Å²) in [4.78, 5) is 24.5. The summed E-state index contributed by atoms with van der Waals surface area (Å²) in [7, 11) is 1.54. The molecule has 5 nitrogen and oxygen atoms in total. The summed E-state index contributed by atoms with van der Waals surface area (Å²) < 4.78 is 16.5. The Morgan fingerprint density at radius 3 is 2.57 bits per heavy atom. The first-order valence-electron chi connectivity index (χ1n) is 11.0. The molecule has 1 fully saturated rings. The lowest BCUT2D eigenvalue weighted by molar-refractivity contribution is -0.156. The SMILES string of the molecule is C=CCc1ccc(OC(=O)CCCC(=O)O[C@H]2C[C@@H](C)CC[C@@H]2C(C)C)c(OC)c1. The number of hydrogen-bond donors (Lipinski definition) is 0. The van der Waals surface area contributed by atoms with Crippen LogP contribution in [-0.4, -0.2) is 25.2 Å². The van der Waals surface area contributed by atoms with Crippen molar-refractivity contribution in [3.8, 4) is 11.5 Å². The monoisotopic (exact) mass is 416 g/mol. The molecule has 0 amide bonds. The van der Waals surface area contributed by atoms with Crippen molar-refractivity contribution < 1.29 is 23.8 Å². The molecule has 0 aliphatic heterocycles. The summed E-state index contributed by atoms with van der Waals surface area (Å²) in [5.74, 6) is 1.79. The van der Waals surface area contributed by atoms with Crippen LogP contribution in [0.15, 0.2) is 30.9 Å². The molecule has 0 spiro atoms. The maximum absolute atomic E-state index is 12.3. The summed E-state index contributed by atoms with van der Waals surface area (Å²) >= 11 is 0. The van der Waals surface area contributed by atoms with E-state index in [0.717, 1.165) is 18.4 Å². The highest BCUT2D eigenvalue weighted by Crippen LogP contribution is 2.35. The largest absolute Gasteiger partial charge is 0.493 e. The minimum absolute atomic E-state index is 0.00783. The van der Waals surface area contributed by atoms with Gasteiger partial charge in [0.05, 0.1) is 7.11 Å². The maximum Gasteiger partial charge on any atom is 0.311 e. The third-order valence-electron chi connectivity index (χ3n) is 5.84. The number of benzene rings is 1. The summed E-state index contributed by atoms with van der Waals surface area (Å²) in [6.45, 7) is 10.3. The second kappa shape index (κ2) is 11.8. The van der Waals surface area contributed by atoms with Gasteiger partial charge >= 0.3 is 11.9 Å². The third kappa shape index (κ3) is 7.19. The van der Waals surface area contributed by atoms with E-state index in [0.29, 0.717) is 42.1 Å². The van der Waals surface area contributed by atoms with Crippen LogP contribution in [0.25, 0.3) is 0 Å². The molecule has 0 aromatic heterocycles. The van der Waals surface area contributed by atoms with Crippen LogP contribution in [0.4, 0.5) is 0 Å². The van der Waals surface area contributed by atoms with Crippen molar-refractivity contribution in [2.45, 2.75) is 71.8 Å². The predicted octanol–water partition coefficient (Wildman–Crippen LogP) is 5.50. The zero-order valence-electron chi connectivity index (χ0n) is 18.8. The smallest absolute Gasteiger partial charge is 0.311 e. The summed E-state index contributed by atoms with van der Waals surface area (Å²) in [5, 5.41) is 0. The fraction of sp³-hybridized carbons (Fsp3) is 0.600.